The van der Waals surface area contributed by atoms with Gasteiger partial charge in [-0.1, -0.05) is 24.3 Å². The summed E-state index contributed by atoms with van der Waals surface area (Å²) in [6.45, 7) is 0.317. The molecule has 2 amide bonds. The van der Waals surface area contributed by atoms with Gasteiger partial charge in [0.05, 0.1) is 30.2 Å². The van der Waals surface area contributed by atoms with Crippen molar-refractivity contribution in [1.29, 1.82) is 5.26 Å². The highest BCUT2D eigenvalue weighted by atomic mass is 19.4. The number of aromatic nitrogens is 1. The van der Waals surface area contributed by atoms with Crippen LogP contribution >= 0.6 is 0 Å². The minimum Gasteiger partial charge on any atom is -0.406 e. The van der Waals surface area contributed by atoms with Crippen LogP contribution in [0.2, 0.25) is 0 Å². The molecule has 0 aliphatic carbocycles. The van der Waals surface area contributed by atoms with Crippen molar-refractivity contribution in [2.75, 3.05) is 13.1 Å². The molecule has 1 aliphatic heterocycles. The molecular formula is C27H21F5N4O3. The summed E-state index contributed by atoms with van der Waals surface area (Å²) >= 11 is 0. The van der Waals surface area contributed by atoms with E-state index >= 15 is 0 Å². The Bertz CT molecular complexity index is 1480. The van der Waals surface area contributed by atoms with Gasteiger partial charge in [0, 0.05) is 18.0 Å². The highest BCUT2D eigenvalue weighted by molar-refractivity contribution is 6.07. The van der Waals surface area contributed by atoms with Crippen molar-refractivity contribution in [2.24, 2.45) is 0 Å². The third kappa shape index (κ3) is 6.67. The lowest BCUT2D eigenvalue weighted by Gasteiger charge is -2.19. The van der Waals surface area contributed by atoms with E-state index in [4.69, 9.17) is 5.26 Å². The van der Waals surface area contributed by atoms with Crippen molar-refractivity contribution in [1.82, 2.24) is 15.2 Å². The summed E-state index contributed by atoms with van der Waals surface area (Å²) in [5.74, 6) is -4.93. The molecule has 1 fully saturated rings. The predicted octanol–water partition coefficient (Wildman–Crippen LogP) is 5.18. The summed E-state index contributed by atoms with van der Waals surface area (Å²) in [6.07, 6.45) is -2.35. The molecule has 0 saturated carbocycles. The summed E-state index contributed by atoms with van der Waals surface area (Å²) in [6, 6.07) is 12.4. The second kappa shape index (κ2) is 10.7. The van der Waals surface area contributed by atoms with Crippen LogP contribution in [-0.2, 0) is 4.79 Å². The van der Waals surface area contributed by atoms with Gasteiger partial charge < -0.3 is 15.0 Å². The van der Waals surface area contributed by atoms with E-state index in [0.29, 0.717) is 22.0 Å². The molecule has 0 radical (unpaired) electrons. The quantitative estimate of drug-likeness (QED) is 0.341. The van der Waals surface area contributed by atoms with E-state index in [1.54, 1.807) is 37.3 Å². The zero-order valence-electron chi connectivity index (χ0n) is 20.4. The fraction of sp³-hybridized carbons (Fsp3) is 0.259. The number of nitrogens with zero attached hydrogens (tertiary/aromatic N) is 3. The molecule has 1 unspecified atom stereocenters. The molecule has 0 spiro atoms. The number of allylic oxidation sites excluding steroid dienone is 1. The number of rotatable bonds is 6. The van der Waals surface area contributed by atoms with Gasteiger partial charge in [0.15, 0.2) is 0 Å². The minimum atomic E-state index is -4.79. The topological polar surface area (TPSA) is 95.3 Å². The average molecular weight is 544 g/mol. The van der Waals surface area contributed by atoms with Crippen molar-refractivity contribution >= 4 is 34.4 Å². The molecule has 1 saturated heterocycles. The molecule has 4 rings (SSSR count). The zero-order chi connectivity index (χ0) is 28.4. The molecule has 1 atom stereocenters. The SMILES string of the molecule is C/C(=C\c1ccc2nccc(C(=O)NCC(=O)N3CC(F)(F)CC3C#N)c2c1)c1ccc(OC(F)(F)F)cc1. The normalized spacial score (nSPS) is 17.1. The van der Waals surface area contributed by atoms with Crippen LogP contribution in [-0.4, -0.2) is 53.1 Å². The van der Waals surface area contributed by atoms with Gasteiger partial charge in [-0.25, -0.2) is 8.78 Å². The number of carbonyl (C=O) groups is 2. The summed E-state index contributed by atoms with van der Waals surface area (Å²) < 4.78 is 68.4. The molecule has 1 N–H and O–H groups in total. The maximum atomic E-state index is 13.7. The number of carbonyl (C=O) groups excluding carboxylic acids is 2. The van der Waals surface area contributed by atoms with Crippen molar-refractivity contribution in [3.8, 4) is 11.8 Å². The zero-order valence-corrected chi connectivity index (χ0v) is 20.4. The van der Waals surface area contributed by atoms with Crippen LogP contribution in [0.25, 0.3) is 22.6 Å². The summed E-state index contributed by atoms with van der Waals surface area (Å²) in [4.78, 5) is 30.4. The second-order valence-electron chi connectivity index (χ2n) is 8.94. The number of hydrogen-bond donors (Lipinski definition) is 1. The van der Waals surface area contributed by atoms with Gasteiger partial charge in [-0.3, -0.25) is 14.6 Å². The highest BCUT2D eigenvalue weighted by Gasteiger charge is 2.47. The Morgan fingerprint density at radius 1 is 1.21 bits per heavy atom. The maximum Gasteiger partial charge on any atom is 0.573 e. The third-order valence-electron chi connectivity index (χ3n) is 6.08. The van der Waals surface area contributed by atoms with Gasteiger partial charge in [-0.15, -0.1) is 13.2 Å². The Hall–Kier alpha value is -4.53. The largest absolute Gasteiger partial charge is 0.573 e. The van der Waals surface area contributed by atoms with Crippen LogP contribution < -0.4 is 10.1 Å². The molecule has 1 aliphatic rings. The van der Waals surface area contributed by atoms with E-state index in [1.807, 2.05) is 0 Å². The fourth-order valence-corrected chi connectivity index (χ4v) is 4.25. The molecule has 2 heterocycles. The molecule has 2 aromatic carbocycles. The summed E-state index contributed by atoms with van der Waals surface area (Å²) in [5, 5.41) is 12.0. The monoisotopic (exact) mass is 544 g/mol. The third-order valence-corrected chi connectivity index (χ3v) is 6.08. The molecule has 1 aromatic heterocycles. The number of hydrogen-bond acceptors (Lipinski definition) is 5. The Balaban J connectivity index is 1.51. The lowest BCUT2D eigenvalue weighted by Crippen LogP contribution is -2.43. The standard InChI is InChI=1S/C27H21F5N4O3/c1-16(18-3-5-20(6-4-18)39-27(30,31)32)10-17-2-7-23-22(11-17)21(8-9-34-23)25(38)35-14-24(37)36-15-26(28,29)12-19(36)13-33/h2-11,19H,12,14-15H2,1H3,(H,35,38)/b16-10+. The first kappa shape index (κ1) is 27.5. The van der Waals surface area contributed by atoms with Gasteiger partial charge in [0.2, 0.25) is 5.91 Å². The summed E-state index contributed by atoms with van der Waals surface area (Å²) in [7, 11) is 0. The van der Waals surface area contributed by atoms with Gasteiger partial charge in [0.25, 0.3) is 11.8 Å². The van der Waals surface area contributed by atoms with Crippen LogP contribution in [0.3, 0.4) is 0 Å². The first-order chi connectivity index (χ1) is 18.3. The van der Waals surface area contributed by atoms with Crippen molar-refractivity contribution in [3.05, 3.63) is 71.4 Å². The van der Waals surface area contributed by atoms with E-state index < -0.39 is 49.7 Å². The van der Waals surface area contributed by atoms with E-state index in [9.17, 15) is 31.5 Å². The van der Waals surface area contributed by atoms with Crippen LogP contribution in [0, 0.1) is 11.3 Å². The van der Waals surface area contributed by atoms with Crippen LogP contribution in [0.15, 0.2) is 54.7 Å². The molecular weight excluding hydrogens is 523 g/mol. The Kier molecular flexibility index (Phi) is 7.53. The van der Waals surface area contributed by atoms with Gasteiger partial charge >= 0.3 is 6.36 Å². The predicted molar refractivity (Wildman–Crippen MR) is 131 cm³/mol. The number of benzene rings is 2. The summed E-state index contributed by atoms with van der Waals surface area (Å²) in [5.41, 5.74) is 2.72. The van der Waals surface area contributed by atoms with Crippen LogP contribution in [0.1, 0.15) is 34.8 Å². The van der Waals surface area contributed by atoms with Crippen molar-refractivity contribution in [3.63, 3.8) is 0 Å². The number of pyridine rings is 1. The number of fused-ring (bicyclic) bond motifs is 1. The Morgan fingerprint density at radius 3 is 2.59 bits per heavy atom. The van der Waals surface area contributed by atoms with E-state index in [0.717, 1.165) is 10.5 Å². The van der Waals surface area contributed by atoms with Crippen LogP contribution in [0.4, 0.5) is 22.0 Å². The van der Waals surface area contributed by atoms with Gasteiger partial charge in [-0.05, 0) is 54.0 Å². The number of likely N-dealkylation sites (tertiary alicyclic amines) is 1. The lowest BCUT2D eigenvalue weighted by atomic mass is 10.0. The van der Waals surface area contributed by atoms with E-state index in [2.05, 4.69) is 15.0 Å². The van der Waals surface area contributed by atoms with Gasteiger partial charge in [-0.2, -0.15) is 5.26 Å². The Labute approximate surface area is 219 Å². The molecule has 39 heavy (non-hydrogen) atoms. The number of halogens is 5. The number of nitriles is 1. The number of ether oxygens (including phenoxy) is 1. The first-order valence-electron chi connectivity index (χ1n) is 11.6. The van der Waals surface area contributed by atoms with E-state index in [1.165, 1.54) is 36.5 Å². The fourth-order valence-electron chi connectivity index (χ4n) is 4.25. The highest BCUT2D eigenvalue weighted by Crippen LogP contribution is 2.32. The Morgan fingerprint density at radius 2 is 1.92 bits per heavy atom. The average Bonchev–Trinajstić information content (AvgIpc) is 3.20. The lowest BCUT2D eigenvalue weighted by molar-refractivity contribution is -0.274. The molecule has 12 heteroatoms. The first-order valence-corrected chi connectivity index (χ1v) is 11.6. The van der Waals surface area contributed by atoms with E-state index in [-0.39, 0.29) is 11.3 Å². The van der Waals surface area contributed by atoms with Crippen molar-refractivity contribution < 1.29 is 36.3 Å². The van der Waals surface area contributed by atoms with Crippen molar-refractivity contribution in [2.45, 2.75) is 31.7 Å². The van der Waals surface area contributed by atoms with Crippen LogP contribution in [0.5, 0.6) is 5.75 Å². The molecule has 0 bridgehead atoms. The minimum absolute atomic E-state index is 0.193. The molecule has 202 valence electrons. The number of alkyl halides is 5. The molecule has 3 aromatic rings. The maximum absolute atomic E-state index is 13.7. The van der Waals surface area contributed by atoms with Gasteiger partial charge in [0.1, 0.15) is 11.8 Å². The number of amides is 2. The second-order valence-corrected chi connectivity index (χ2v) is 8.94. The smallest absolute Gasteiger partial charge is 0.406 e. The number of nitrogens with one attached hydrogen (secondary N) is 1. The molecule has 7 nitrogen and oxygen atoms in total.